The number of nitrogens with one attached hydrogen (secondary N) is 1. The lowest BCUT2D eigenvalue weighted by Gasteiger charge is -1.95. The second-order valence-corrected chi connectivity index (χ2v) is 6.38. The fraction of sp³-hybridized carbons (Fsp3) is 0.308. The van der Waals surface area contributed by atoms with Crippen molar-refractivity contribution >= 4 is 28.6 Å². The normalized spacial score (nSPS) is 10.7. The Bertz CT molecular complexity index is 1010. The molecule has 5 nitrogen and oxygen atoms in total. The SMILES string of the molecule is C/C=C\CC.CC.O=C(O)C/C=C/Oc1nc2cc(Cl)c(C#CC/C=C\C=C/CF)cc2[nH]1. The number of imidazole rings is 1. The summed E-state index contributed by atoms with van der Waals surface area (Å²) in [6, 6.07) is 3.66. The van der Waals surface area contributed by atoms with Gasteiger partial charge in [-0.15, -0.1) is 0 Å². The molecule has 2 aromatic rings. The number of hydrogen-bond acceptors (Lipinski definition) is 3. The van der Waals surface area contributed by atoms with E-state index in [0.717, 1.165) is 6.42 Å². The molecule has 0 unspecified atom stereocenters. The molecule has 178 valence electrons. The van der Waals surface area contributed by atoms with Crippen molar-refractivity contribution in [2.75, 3.05) is 6.67 Å². The van der Waals surface area contributed by atoms with Crippen LogP contribution < -0.4 is 4.74 Å². The molecule has 7 heteroatoms. The van der Waals surface area contributed by atoms with Crippen LogP contribution in [-0.4, -0.2) is 27.7 Å². The highest BCUT2D eigenvalue weighted by molar-refractivity contribution is 6.32. The molecule has 0 saturated carbocycles. The van der Waals surface area contributed by atoms with E-state index in [0.29, 0.717) is 28.0 Å². The molecule has 0 aliphatic rings. The molecule has 2 rings (SSSR count). The van der Waals surface area contributed by atoms with E-state index in [9.17, 15) is 9.18 Å². The maximum absolute atomic E-state index is 11.9. The van der Waals surface area contributed by atoms with Crippen molar-refractivity contribution in [2.45, 2.75) is 47.0 Å². The summed E-state index contributed by atoms with van der Waals surface area (Å²) in [5.41, 5.74) is 1.95. The Labute approximate surface area is 200 Å². The van der Waals surface area contributed by atoms with Crippen molar-refractivity contribution in [1.82, 2.24) is 9.97 Å². The monoisotopic (exact) mass is 474 g/mol. The van der Waals surface area contributed by atoms with Crippen molar-refractivity contribution in [3.63, 3.8) is 0 Å². The Kier molecular flexibility index (Phi) is 17.5. The van der Waals surface area contributed by atoms with Gasteiger partial charge in [-0.25, -0.2) is 4.39 Å². The van der Waals surface area contributed by atoms with Crippen molar-refractivity contribution in [1.29, 1.82) is 0 Å². The first-order valence-corrected chi connectivity index (χ1v) is 11.1. The number of rotatable bonds is 8. The maximum Gasteiger partial charge on any atom is 0.307 e. The molecule has 2 N–H and O–H groups in total. The summed E-state index contributed by atoms with van der Waals surface area (Å²) >= 11 is 6.21. The second kappa shape index (κ2) is 19.4. The summed E-state index contributed by atoms with van der Waals surface area (Å²) in [6.45, 7) is 7.67. The van der Waals surface area contributed by atoms with Crippen LogP contribution in [0.25, 0.3) is 11.0 Å². The highest BCUT2D eigenvalue weighted by Gasteiger charge is 2.07. The smallest absolute Gasteiger partial charge is 0.307 e. The maximum atomic E-state index is 11.9. The Hall–Kier alpha value is -3.30. The third-order valence-electron chi connectivity index (χ3n) is 3.50. The highest BCUT2D eigenvalue weighted by Crippen LogP contribution is 2.24. The number of carboxylic acids is 1. The largest absolute Gasteiger partial charge is 0.481 e. The molecule has 33 heavy (non-hydrogen) atoms. The average molecular weight is 475 g/mol. The van der Waals surface area contributed by atoms with Gasteiger partial charge in [0.25, 0.3) is 6.01 Å². The number of benzene rings is 1. The van der Waals surface area contributed by atoms with E-state index in [1.165, 1.54) is 18.4 Å². The molecule has 0 saturated heterocycles. The van der Waals surface area contributed by atoms with Crippen LogP contribution in [0.4, 0.5) is 4.39 Å². The number of aliphatic carboxylic acids is 1. The first-order valence-electron chi connectivity index (χ1n) is 10.7. The lowest BCUT2D eigenvalue weighted by molar-refractivity contribution is -0.136. The number of allylic oxidation sites excluding steroid dienone is 6. The predicted molar refractivity (Wildman–Crippen MR) is 135 cm³/mol. The molecule has 0 spiro atoms. The number of ether oxygens (including phenoxy) is 1. The van der Waals surface area contributed by atoms with Crippen molar-refractivity contribution < 1.29 is 19.0 Å². The number of alkyl halides is 1. The minimum atomic E-state index is -0.947. The van der Waals surface area contributed by atoms with Gasteiger partial charge in [-0.05, 0) is 31.6 Å². The van der Waals surface area contributed by atoms with Gasteiger partial charge in [0.2, 0.25) is 0 Å². The topological polar surface area (TPSA) is 75.2 Å². The molecule has 1 heterocycles. The van der Waals surface area contributed by atoms with Gasteiger partial charge in [-0.1, -0.05) is 80.7 Å². The van der Waals surface area contributed by atoms with Crippen LogP contribution in [0.2, 0.25) is 5.02 Å². The van der Waals surface area contributed by atoms with E-state index in [4.69, 9.17) is 21.4 Å². The first-order chi connectivity index (χ1) is 16.0. The van der Waals surface area contributed by atoms with Crippen LogP contribution in [0.3, 0.4) is 0 Å². The molecule has 1 aromatic carbocycles. The van der Waals surface area contributed by atoms with E-state index < -0.39 is 12.6 Å². The summed E-state index contributed by atoms with van der Waals surface area (Å²) in [5.74, 6) is 4.99. The lowest BCUT2D eigenvalue weighted by atomic mass is 10.2. The molecule has 0 aliphatic carbocycles. The fourth-order valence-electron chi connectivity index (χ4n) is 2.14. The van der Waals surface area contributed by atoms with Crippen LogP contribution in [0, 0.1) is 11.8 Å². The van der Waals surface area contributed by atoms with Crippen LogP contribution in [0.5, 0.6) is 6.01 Å². The second-order valence-electron chi connectivity index (χ2n) is 5.97. The summed E-state index contributed by atoms with van der Waals surface area (Å²) < 4.78 is 17.1. The number of carboxylic acid groups (broad SMARTS) is 1. The third kappa shape index (κ3) is 13.7. The predicted octanol–water partition coefficient (Wildman–Crippen LogP) is 7.41. The number of nitrogens with zero attached hydrogens (tertiary/aromatic N) is 1. The minimum Gasteiger partial charge on any atom is -0.481 e. The number of aromatic amines is 1. The van der Waals surface area contributed by atoms with E-state index in [-0.39, 0.29) is 12.4 Å². The number of aromatic nitrogens is 2. The molecule has 0 radical (unpaired) electrons. The first kappa shape index (κ1) is 29.7. The Morgan fingerprint density at radius 3 is 2.58 bits per heavy atom. The quantitative estimate of drug-likeness (QED) is 0.181. The van der Waals surface area contributed by atoms with Gasteiger partial charge in [0, 0.05) is 12.0 Å². The summed E-state index contributed by atoms with van der Waals surface area (Å²) in [4.78, 5) is 17.6. The number of fused-ring (bicyclic) bond motifs is 1. The molecule has 0 aliphatic heterocycles. The van der Waals surface area contributed by atoms with Crippen LogP contribution in [0.15, 0.2) is 60.9 Å². The summed E-state index contributed by atoms with van der Waals surface area (Å²) in [7, 11) is 0. The molecule has 0 fully saturated rings. The molecular weight excluding hydrogens is 443 g/mol. The van der Waals surface area contributed by atoms with Crippen LogP contribution in [0.1, 0.15) is 52.5 Å². The Morgan fingerprint density at radius 1 is 1.24 bits per heavy atom. The third-order valence-corrected chi connectivity index (χ3v) is 3.82. The highest BCUT2D eigenvalue weighted by atomic mass is 35.5. The zero-order chi connectivity index (χ0) is 24.9. The van der Waals surface area contributed by atoms with Gasteiger partial charge >= 0.3 is 5.97 Å². The zero-order valence-electron chi connectivity index (χ0n) is 19.6. The Balaban J connectivity index is 0.00000129. The van der Waals surface area contributed by atoms with Crippen LogP contribution >= 0.6 is 11.6 Å². The number of halogens is 2. The number of carbonyl (C=O) groups is 1. The molecule has 0 amide bonds. The van der Waals surface area contributed by atoms with E-state index in [2.05, 4.69) is 40.9 Å². The lowest BCUT2D eigenvalue weighted by Crippen LogP contribution is -1.91. The van der Waals surface area contributed by atoms with Crippen LogP contribution in [-0.2, 0) is 4.79 Å². The minimum absolute atomic E-state index is 0.135. The summed E-state index contributed by atoms with van der Waals surface area (Å²) in [6.07, 6.45) is 14.9. The van der Waals surface area contributed by atoms with E-state index >= 15 is 0 Å². The zero-order valence-corrected chi connectivity index (χ0v) is 20.3. The van der Waals surface area contributed by atoms with Gasteiger partial charge in [0.1, 0.15) is 6.67 Å². The van der Waals surface area contributed by atoms with Crippen molar-refractivity contribution in [2.24, 2.45) is 0 Å². The number of H-pyrrole nitrogens is 1. The van der Waals surface area contributed by atoms with E-state index in [1.807, 2.05) is 26.8 Å². The number of hydrogen-bond donors (Lipinski definition) is 2. The molecule has 1 aromatic heterocycles. The van der Waals surface area contributed by atoms with Crippen molar-refractivity contribution in [3.8, 4) is 17.9 Å². The molecule has 0 bridgehead atoms. The average Bonchev–Trinajstić information content (AvgIpc) is 3.19. The van der Waals surface area contributed by atoms with Gasteiger partial charge in [-0.3, -0.25) is 4.79 Å². The fourth-order valence-corrected chi connectivity index (χ4v) is 2.34. The molecule has 0 atom stereocenters. The summed E-state index contributed by atoms with van der Waals surface area (Å²) in [5, 5.41) is 9.01. The standard InChI is InChI=1S/C19H16ClFN2O3.C5H10.C2H6/c20-15-13-17-16(22-19(23-17)26-11-7-9-18(24)25)12-14(15)8-5-3-1-2-4-6-10-21;1-3-5-4-2;1-2/h1-2,4,6-7,11-13H,3,9-10H2,(H,22,23)(H,24,25);3,5H,4H2,1-2H3;1-2H3/b2-1-,6-4-,11-7+;5-3-;. The van der Waals surface area contributed by atoms with Gasteiger partial charge in [0.15, 0.2) is 0 Å². The van der Waals surface area contributed by atoms with Gasteiger partial charge in [0.05, 0.1) is 28.7 Å². The van der Waals surface area contributed by atoms with Gasteiger partial charge in [-0.2, -0.15) is 4.98 Å². The van der Waals surface area contributed by atoms with Crippen molar-refractivity contribution in [3.05, 3.63) is 71.5 Å². The Morgan fingerprint density at radius 2 is 1.97 bits per heavy atom. The molecular formula is C26H32ClFN2O3. The van der Waals surface area contributed by atoms with E-state index in [1.54, 1.807) is 24.3 Å². The van der Waals surface area contributed by atoms with Gasteiger partial charge < -0.3 is 14.8 Å².